The maximum Gasteiger partial charge on any atom is 0.175 e. The molecule has 0 unspecified atom stereocenters. The molecule has 0 spiro atoms. The molecule has 0 saturated heterocycles. The maximum absolute atomic E-state index is 11.3. The van der Waals surface area contributed by atoms with Crippen LogP contribution in [-0.2, 0) is 9.84 Å². The molecule has 2 N–H and O–H groups in total. The predicted molar refractivity (Wildman–Crippen MR) is 69.6 cm³/mol. The molecule has 0 heterocycles. The van der Waals surface area contributed by atoms with Crippen LogP contribution in [0.1, 0.15) is 20.8 Å². The van der Waals surface area contributed by atoms with Crippen LogP contribution < -0.4 is 5.73 Å². The summed E-state index contributed by atoms with van der Waals surface area (Å²) in [6.07, 6.45) is 1.18. The maximum atomic E-state index is 11.3. The third-order valence-electron chi connectivity index (χ3n) is 1.83. The molecule has 3 nitrogen and oxygen atoms in total. The summed E-state index contributed by atoms with van der Waals surface area (Å²) in [6, 6.07) is 4.88. The van der Waals surface area contributed by atoms with Gasteiger partial charge in [0.25, 0.3) is 0 Å². The summed E-state index contributed by atoms with van der Waals surface area (Å²) < 4.78 is 22.7. The lowest BCUT2D eigenvalue weighted by atomic mass is 10.3. The Morgan fingerprint density at radius 2 is 1.81 bits per heavy atom. The second-order valence-corrected chi connectivity index (χ2v) is 8.57. The summed E-state index contributed by atoms with van der Waals surface area (Å²) in [5.74, 6) is 0. The Labute approximate surface area is 101 Å². The first-order valence-corrected chi connectivity index (χ1v) is 7.59. The van der Waals surface area contributed by atoms with E-state index in [0.29, 0.717) is 5.69 Å². The van der Waals surface area contributed by atoms with E-state index in [9.17, 15) is 8.42 Å². The number of hydrogen-bond acceptors (Lipinski definition) is 4. The molecule has 0 aromatic heterocycles. The number of thioether (sulfide) groups is 1. The van der Waals surface area contributed by atoms with Gasteiger partial charge in [-0.05, 0) is 18.2 Å². The average molecular weight is 259 g/mol. The van der Waals surface area contributed by atoms with Gasteiger partial charge in [-0.1, -0.05) is 20.8 Å². The molecule has 0 aliphatic rings. The Bertz CT molecular complexity index is 487. The van der Waals surface area contributed by atoms with Crippen molar-refractivity contribution in [2.24, 2.45) is 0 Å². The highest BCUT2D eigenvalue weighted by Gasteiger charge is 2.15. The number of sulfone groups is 1. The highest BCUT2D eigenvalue weighted by Crippen LogP contribution is 2.36. The first-order valence-electron chi connectivity index (χ1n) is 4.88. The van der Waals surface area contributed by atoms with E-state index in [1.165, 1.54) is 12.3 Å². The van der Waals surface area contributed by atoms with Crippen molar-refractivity contribution in [1.82, 2.24) is 0 Å². The Kier molecular flexibility index (Phi) is 3.59. The van der Waals surface area contributed by atoms with E-state index in [-0.39, 0.29) is 9.64 Å². The van der Waals surface area contributed by atoms with Gasteiger partial charge in [0.15, 0.2) is 9.84 Å². The van der Waals surface area contributed by atoms with Gasteiger partial charge in [0, 0.05) is 21.6 Å². The van der Waals surface area contributed by atoms with Gasteiger partial charge in [-0.15, -0.1) is 11.8 Å². The average Bonchev–Trinajstić information content (AvgIpc) is 2.04. The molecule has 0 aliphatic heterocycles. The molecule has 0 atom stereocenters. The number of rotatable bonds is 2. The smallest absolute Gasteiger partial charge is 0.175 e. The van der Waals surface area contributed by atoms with E-state index in [4.69, 9.17) is 5.73 Å². The lowest BCUT2D eigenvalue weighted by molar-refractivity contribution is 0.602. The lowest BCUT2D eigenvalue weighted by Gasteiger charge is -2.19. The summed E-state index contributed by atoms with van der Waals surface area (Å²) in [7, 11) is -3.18. The fourth-order valence-electron chi connectivity index (χ4n) is 1.18. The lowest BCUT2D eigenvalue weighted by Crippen LogP contribution is -2.08. The van der Waals surface area contributed by atoms with Gasteiger partial charge in [0.05, 0.1) is 4.90 Å². The molecule has 1 rings (SSSR count). The van der Waals surface area contributed by atoms with Crippen LogP contribution in [0.2, 0.25) is 0 Å². The molecular weight excluding hydrogens is 242 g/mol. The molecule has 0 aliphatic carbocycles. The van der Waals surface area contributed by atoms with Crippen molar-refractivity contribution in [1.29, 1.82) is 0 Å². The van der Waals surface area contributed by atoms with Crippen molar-refractivity contribution in [3.63, 3.8) is 0 Å². The van der Waals surface area contributed by atoms with Crippen molar-refractivity contribution < 1.29 is 8.42 Å². The van der Waals surface area contributed by atoms with E-state index in [2.05, 4.69) is 20.8 Å². The van der Waals surface area contributed by atoms with E-state index >= 15 is 0 Å². The monoisotopic (exact) mass is 259 g/mol. The highest BCUT2D eigenvalue weighted by atomic mass is 32.2. The molecule has 0 fully saturated rings. The zero-order chi connectivity index (χ0) is 12.6. The Balaban J connectivity index is 3.11. The number of nitrogen functional groups attached to an aromatic ring is 1. The molecule has 16 heavy (non-hydrogen) atoms. The predicted octanol–water partition coefficient (Wildman–Crippen LogP) is 2.56. The second-order valence-electron chi connectivity index (χ2n) is 4.69. The third-order valence-corrected chi connectivity index (χ3v) is 4.14. The minimum atomic E-state index is -3.18. The number of benzene rings is 1. The van der Waals surface area contributed by atoms with Crippen LogP contribution in [0.15, 0.2) is 28.0 Å². The second kappa shape index (κ2) is 4.30. The minimum absolute atomic E-state index is 0.0563. The van der Waals surface area contributed by atoms with E-state index in [1.54, 1.807) is 23.9 Å². The molecule has 0 bridgehead atoms. The van der Waals surface area contributed by atoms with Gasteiger partial charge >= 0.3 is 0 Å². The topological polar surface area (TPSA) is 60.2 Å². The minimum Gasteiger partial charge on any atom is -0.398 e. The van der Waals surface area contributed by atoms with Crippen molar-refractivity contribution in [3.05, 3.63) is 18.2 Å². The SMILES string of the molecule is CC(C)(C)Sc1ccc(S(C)(=O)=O)cc1N. The van der Waals surface area contributed by atoms with E-state index < -0.39 is 9.84 Å². The molecular formula is C11H17NO2S2. The van der Waals surface area contributed by atoms with E-state index in [1.807, 2.05) is 0 Å². The fraction of sp³-hybridized carbons (Fsp3) is 0.455. The molecule has 0 radical (unpaired) electrons. The quantitative estimate of drug-likeness (QED) is 0.655. The molecule has 1 aromatic carbocycles. The zero-order valence-electron chi connectivity index (χ0n) is 9.94. The largest absolute Gasteiger partial charge is 0.398 e. The Hall–Kier alpha value is -0.680. The van der Waals surface area contributed by atoms with Crippen LogP contribution in [-0.4, -0.2) is 19.4 Å². The van der Waals surface area contributed by atoms with Crippen molar-refractivity contribution in [2.45, 2.75) is 35.3 Å². The summed E-state index contributed by atoms with van der Waals surface area (Å²) >= 11 is 1.63. The first-order chi connectivity index (χ1) is 7.09. The van der Waals surface area contributed by atoms with E-state index in [0.717, 1.165) is 4.90 Å². The summed E-state index contributed by atoms with van der Waals surface area (Å²) in [4.78, 5) is 1.18. The van der Waals surface area contributed by atoms with Crippen LogP contribution in [0.5, 0.6) is 0 Å². The van der Waals surface area contributed by atoms with Crippen LogP contribution in [0.25, 0.3) is 0 Å². The first kappa shape index (κ1) is 13.4. The number of hydrogen-bond donors (Lipinski definition) is 1. The molecule has 0 saturated carbocycles. The summed E-state index contributed by atoms with van der Waals surface area (Å²) in [5.41, 5.74) is 6.36. The van der Waals surface area contributed by atoms with Crippen molar-refractivity contribution in [2.75, 3.05) is 12.0 Å². The normalized spacial score (nSPS) is 12.8. The highest BCUT2D eigenvalue weighted by molar-refractivity contribution is 8.00. The molecule has 1 aromatic rings. The van der Waals surface area contributed by atoms with Crippen LogP contribution >= 0.6 is 11.8 Å². The van der Waals surface area contributed by atoms with Crippen LogP contribution in [0, 0.1) is 0 Å². The standard InChI is InChI=1S/C11H17NO2S2/c1-11(2,3)15-10-6-5-8(7-9(10)12)16(4,13)14/h5-7H,12H2,1-4H3. The number of anilines is 1. The molecule has 90 valence electrons. The fourth-order valence-corrected chi connectivity index (χ4v) is 2.81. The Morgan fingerprint density at radius 3 is 2.19 bits per heavy atom. The third kappa shape index (κ3) is 3.72. The van der Waals surface area contributed by atoms with Gasteiger partial charge < -0.3 is 5.73 Å². The number of nitrogens with two attached hydrogens (primary N) is 1. The van der Waals surface area contributed by atoms with Gasteiger partial charge in [-0.25, -0.2) is 8.42 Å². The van der Waals surface area contributed by atoms with Crippen LogP contribution in [0.3, 0.4) is 0 Å². The van der Waals surface area contributed by atoms with Crippen molar-refractivity contribution >= 4 is 27.3 Å². The van der Waals surface area contributed by atoms with Crippen molar-refractivity contribution in [3.8, 4) is 0 Å². The summed E-state index contributed by atoms with van der Waals surface area (Å²) in [5, 5.41) is 0. The molecule has 0 amide bonds. The van der Waals surface area contributed by atoms with Gasteiger partial charge in [-0.3, -0.25) is 0 Å². The zero-order valence-corrected chi connectivity index (χ0v) is 11.6. The summed E-state index contributed by atoms with van der Waals surface area (Å²) in [6.45, 7) is 6.25. The van der Waals surface area contributed by atoms with Gasteiger partial charge in [-0.2, -0.15) is 0 Å². The van der Waals surface area contributed by atoms with Gasteiger partial charge in [0.2, 0.25) is 0 Å². The molecule has 5 heteroatoms. The van der Waals surface area contributed by atoms with Crippen LogP contribution in [0.4, 0.5) is 5.69 Å². The van der Waals surface area contributed by atoms with Gasteiger partial charge in [0.1, 0.15) is 0 Å². The Morgan fingerprint density at radius 1 is 1.25 bits per heavy atom.